The molecule has 0 aliphatic carbocycles. The number of hydrogen-bond acceptors (Lipinski definition) is 5. The molecule has 0 spiro atoms. The maximum Gasteiger partial charge on any atom is 0.407 e. The van der Waals surface area contributed by atoms with E-state index in [1.54, 1.807) is 6.92 Å². The van der Waals surface area contributed by atoms with Gasteiger partial charge in [0.25, 0.3) is 0 Å². The average Bonchev–Trinajstić information content (AvgIpc) is 2.62. The number of nitrogens with one attached hydrogen (secondary N) is 1. The number of alkyl carbamates (subject to hydrolysis) is 1. The van der Waals surface area contributed by atoms with E-state index >= 15 is 0 Å². The van der Waals surface area contributed by atoms with E-state index in [9.17, 15) is 14.9 Å². The van der Waals surface area contributed by atoms with Gasteiger partial charge in [-0.1, -0.05) is 48.0 Å². The van der Waals surface area contributed by atoms with Gasteiger partial charge in [-0.25, -0.2) is 4.79 Å². The molecule has 1 amide bonds. The summed E-state index contributed by atoms with van der Waals surface area (Å²) in [6, 6.07) is 16.2. The molecule has 2 rings (SSSR count). The Morgan fingerprint density at radius 1 is 1.23 bits per heavy atom. The minimum Gasteiger partial charge on any atom is -0.445 e. The van der Waals surface area contributed by atoms with Crippen molar-refractivity contribution in [1.29, 1.82) is 0 Å². The zero-order valence-electron chi connectivity index (χ0n) is 14.5. The number of hydrogen-bond donors (Lipinski definition) is 1. The first-order chi connectivity index (χ1) is 12.4. The highest BCUT2D eigenvalue weighted by Crippen LogP contribution is 2.27. The smallest absolute Gasteiger partial charge is 0.407 e. The third-order valence-corrected chi connectivity index (χ3v) is 4.38. The topological polar surface area (TPSA) is 81.5 Å². The van der Waals surface area contributed by atoms with Gasteiger partial charge in [-0.05, 0) is 43.3 Å². The molecule has 6 nitrogen and oxygen atoms in total. The molecule has 0 aliphatic rings. The van der Waals surface area contributed by atoms with Crippen molar-refractivity contribution in [2.45, 2.75) is 31.4 Å². The third kappa shape index (κ3) is 6.60. The van der Waals surface area contributed by atoms with Crippen LogP contribution in [0.3, 0.4) is 0 Å². The molecule has 136 valence electrons. The van der Waals surface area contributed by atoms with Gasteiger partial charge in [0.2, 0.25) is 0 Å². The lowest BCUT2D eigenvalue weighted by Crippen LogP contribution is -2.32. The fourth-order valence-corrected chi connectivity index (χ4v) is 2.93. The standard InChI is InChI=1S/C19H20N2O4S/c1-14-8-10-17(11-9-14)26-18(21(23)24)12-15(2)20-19(22)25-13-16-6-4-3-5-7-16/h3-12,15H,13H2,1-2H3,(H,20,22)/b18-12-/t15-/m0/s1. The van der Waals surface area contributed by atoms with Crippen LogP contribution >= 0.6 is 11.8 Å². The molecule has 1 atom stereocenters. The van der Waals surface area contributed by atoms with Crippen molar-refractivity contribution in [1.82, 2.24) is 5.32 Å². The molecule has 0 fully saturated rings. The number of thioether (sulfide) groups is 1. The second kappa shape index (κ2) is 9.62. The van der Waals surface area contributed by atoms with Crippen molar-refractivity contribution in [3.63, 3.8) is 0 Å². The second-order valence-corrected chi connectivity index (χ2v) is 6.77. The van der Waals surface area contributed by atoms with Crippen molar-refractivity contribution in [3.05, 3.63) is 86.9 Å². The highest BCUT2D eigenvalue weighted by Gasteiger charge is 2.16. The lowest BCUT2D eigenvalue weighted by molar-refractivity contribution is -0.410. The molecule has 2 aromatic carbocycles. The average molecular weight is 372 g/mol. The highest BCUT2D eigenvalue weighted by molar-refractivity contribution is 8.02. The van der Waals surface area contributed by atoms with E-state index in [1.807, 2.05) is 61.5 Å². The normalized spacial score (nSPS) is 12.3. The number of carbonyl (C=O) groups is 1. The Kier molecular flexibility index (Phi) is 7.23. The molecule has 7 heteroatoms. The number of nitro groups is 1. The Morgan fingerprint density at radius 3 is 2.50 bits per heavy atom. The fourth-order valence-electron chi connectivity index (χ4n) is 2.07. The molecule has 0 aliphatic heterocycles. The van der Waals surface area contributed by atoms with Crippen LogP contribution in [0.4, 0.5) is 4.79 Å². The summed E-state index contributed by atoms with van der Waals surface area (Å²) in [7, 11) is 0. The van der Waals surface area contributed by atoms with Crippen molar-refractivity contribution in [3.8, 4) is 0 Å². The van der Waals surface area contributed by atoms with Gasteiger partial charge in [0.05, 0.1) is 11.0 Å². The number of nitrogens with zero attached hydrogens (tertiary/aromatic N) is 1. The van der Waals surface area contributed by atoms with Gasteiger partial charge in [0, 0.05) is 11.0 Å². The van der Waals surface area contributed by atoms with Gasteiger partial charge < -0.3 is 10.1 Å². The van der Waals surface area contributed by atoms with E-state index in [2.05, 4.69) is 5.32 Å². The summed E-state index contributed by atoms with van der Waals surface area (Å²) in [6.07, 6.45) is 0.773. The summed E-state index contributed by atoms with van der Waals surface area (Å²) in [6.45, 7) is 3.75. The molecule has 0 saturated carbocycles. The summed E-state index contributed by atoms with van der Waals surface area (Å²) >= 11 is 1.04. The van der Waals surface area contributed by atoms with Crippen LogP contribution in [-0.2, 0) is 11.3 Å². The fraction of sp³-hybridized carbons (Fsp3) is 0.211. The molecule has 26 heavy (non-hydrogen) atoms. The molecule has 0 heterocycles. The maximum atomic E-state index is 11.8. The minimum absolute atomic E-state index is 0.0512. The maximum absolute atomic E-state index is 11.8. The van der Waals surface area contributed by atoms with Gasteiger partial charge >= 0.3 is 11.1 Å². The lowest BCUT2D eigenvalue weighted by atomic mass is 10.2. The largest absolute Gasteiger partial charge is 0.445 e. The van der Waals surface area contributed by atoms with E-state index < -0.39 is 17.1 Å². The molecule has 1 N–H and O–H groups in total. The first-order valence-corrected chi connectivity index (χ1v) is 8.83. The van der Waals surface area contributed by atoms with Crippen LogP contribution in [0.2, 0.25) is 0 Å². The molecule has 0 radical (unpaired) electrons. The lowest BCUT2D eigenvalue weighted by Gasteiger charge is -2.10. The zero-order valence-corrected chi connectivity index (χ0v) is 15.4. The number of ether oxygens (including phenoxy) is 1. The Labute approximate surface area is 156 Å². The van der Waals surface area contributed by atoms with Crippen LogP contribution in [0.25, 0.3) is 0 Å². The third-order valence-electron chi connectivity index (χ3n) is 3.37. The molecule has 0 bridgehead atoms. The first kappa shape index (κ1) is 19.5. The van der Waals surface area contributed by atoms with Crippen LogP contribution in [-0.4, -0.2) is 17.1 Å². The Hall–Kier alpha value is -2.80. The number of rotatable bonds is 7. The summed E-state index contributed by atoms with van der Waals surface area (Å²) in [5, 5.41) is 13.8. The number of aryl methyl sites for hydroxylation is 1. The molecule has 0 unspecified atom stereocenters. The van der Waals surface area contributed by atoms with E-state index in [1.165, 1.54) is 6.08 Å². The first-order valence-electron chi connectivity index (χ1n) is 8.02. The molecule has 0 saturated heterocycles. The summed E-state index contributed by atoms with van der Waals surface area (Å²) in [4.78, 5) is 23.4. The monoisotopic (exact) mass is 372 g/mol. The quantitative estimate of drug-likeness (QED) is 0.439. The van der Waals surface area contributed by atoms with Gasteiger partial charge in [0.15, 0.2) is 0 Å². The van der Waals surface area contributed by atoms with Crippen molar-refractivity contribution < 1.29 is 14.5 Å². The van der Waals surface area contributed by atoms with Crippen LogP contribution in [0.15, 0.2) is 70.6 Å². The van der Waals surface area contributed by atoms with E-state index in [-0.39, 0.29) is 11.6 Å². The zero-order chi connectivity index (χ0) is 18.9. The van der Waals surface area contributed by atoms with Crippen LogP contribution in [0.1, 0.15) is 18.1 Å². The number of carbonyl (C=O) groups excluding carboxylic acids is 1. The number of benzene rings is 2. The van der Waals surface area contributed by atoms with E-state index in [0.717, 1.165) is 27.8 Å². The van der Waals surface area contributed by atoms with E-state index in [4.69, 9.17) is 4.74 Å². The van der Waals surface area contributed by atoms with Crippen molar-refractivity contribution in [2.24, 2.45) is 0 Å². The predicted octanol–water partition coefficient (Wildman–Crippen LogP) is 4.52. The SMILES string of the molecule is Cc1ccc(S/C(=C\[C@H](C)NC(=O)OCc2ccccc2)[N+](=O)[O-])cc1. The molecular formula is C19H20N2O4S. The minimum atomic E-state index is -0.624. The van der Waals surface area contributed by atoms with Crippen LogP contribution in [0.5, 0.6) is 0 Å². The molecule has 2 aromatic rings. The van der Waals surface area contributed by atoms with Crippen molar-refractivity contribution in [2.75, 3.05) is 0 Å². The van der Waals surface area contributed by atoms with Gasteiger partial charge in [0.1, 0.15) is 6.61 Å². The van der Waals surface area contributed by atoms with Crippen LogP contribution in [0, 0.1) is 17.0 Å². The van der Waals surface area contributed by atoms with Crippen LogP contribution < -0.4 is 5.32 Å². The predicted molar refractivity (Wildman–Crippen MR) is 101 cm³/mol. The highest BCUT2D eigenvalue weighted by atomic mass is 32.2. The Bertz CT molecular complexity index is 776. The number of amides is 1. The molecular weight excluding hydrogens is 352 g/mol. The summed E-state index contributed by atoms with van der Waals surface area (Å²) in [5.41, 5.74) is 1.95. The Morgan fingerprint density at radius 2 is 1.88 bits per heavy atom. The Balaban J connectivity index is 1.92. The summed E-state index contributed by atoms with van der Waals surface area (Å²) < 4.78 is 5.12. The van der Waals surface area contributed by atoms with E-state index in [0.29, 0.717) is 0 Å². The summed E-state index contributed by atoms with van der Waals surface area (Å²) in [5.74, 6) is 0. The van der Waals surface area contributed by atoms with Gasteiger partial charge in [-0.3, -0.25) is 10.1 Å². The van der Waals surface area contributed by atoms with Crippen molar-refractivity contribution >= 4 is 17.9 Å². The second-order valence-electron chi connectivity index (χ2n) is 5.67. The molecule has 0 aromatic heterocycles. The van der Waals surface area contributed by atoms with Gasteiger partial charge in [-0.2, -0.15) is 0 Å². The van der Waals surface area contributed by atoms with Gasteiger partial charge in [-0.15, -0.1) is 0 Å².